The first-order chi connectivity index (χ1) is 8.63. The van der Waals surface area contributed by atoms with E-state index in [1.165, 1.54) is 7.11 Å². The van der Waals surface area contributed by atoms with E-state index in [-0.39, 0.29) is 5.78 Å². The second-order valence-corrected chi connectivity index (χ2v) is 5.28. The van der Waals surface area contributed by atoms with Crippen LogP contribution in [0, 0.1) is 0 Å². The van der Waals surface area contributed by atoms with Crippen LogP contribution in [0.1, 0.15) is 16.1 Å². The molecule has 2 aromatic rings. The zero-order valence-electron chi connectivity index (χ0n) is 9.48. The van der Waals surface area contributed by atoms with Crippen LogP contribution in [0.25, 0.3) is 0 Å². The van der Waals surface area contributed by atoms with E-state index < -0.39 is 0 Å². The highest BCUT2D eigenvalue weighted by molar-refractivity contribution is 9.11. The first-order valence-corrected chi connectivity index (χ1v) is 6.71. The number of hydrogen-bond acceptors (Lipinski definition) is 3. The van der Waals surface area contributed by atoms with Crippen LogP contribution in [0.4, 0.5) is 0 Å². The number of benzene rings is 1. The van der Waals surface area contributed by atoms with E-state index in [1.807, 2.05) is 12.1 Å². The van der Waals surface area contributed by atoms with Gasteiger partial charge in [-0.1, -0.05) is 15.9 Å². The second kappa shape index (κ2) is 5.63. The summed E-state index contributed by atoms with van der Waals surface area (Å²) in [5.74, 6) is 0.296. The molecule has 0 saturated carbocycles. The molecule has 1 aromatic heterocycles. The highest BCUT2D eigenvalue weighted by Crippen LogP contribution is 2.26. The zero-order valence-corrected chi connectivity index (χ0v) is 12.7. The third kappa shape index (κ3) is 2.62. The maximum Gasteiger partial charge on any atom is 0.216 e. The molecule has 3 nitrogen and oxygen atoms in total. The molecule has 2 rings (SSSR count). The molecule has 0 aliphatic heterocycles. The van der Waals surface area contributed by atoms with E-state index in [1.54, 1.807) is 24.4 Å². The summed E-state index contributed by atoms with van der Waals surface area (Å²) in [7, 11) is 1.52. The fourth-order valence-corrected chi connectivity index (χ4v) is 2.75. The summed E-state index contributed by atoms with van der Waals surface area (Å²) in [5.41, 5.74) is 0.859. The molecule has 1 heterocycles. The third-order valence-corrected chi connectivity index (χ3v) is 3.53. The molecule has 0 atom stereocenters. The Hall–Kier alpha value is -1.20. The third-order valence-electron chi connectivity index (χ3n) is 2.38. The molecule has 0 aliphatic rings. The van der Waals surface area contributed by atoms with Crippen molar-refractivity contribution in [3.8, 4) is 5.75 Å². The Morgan fingerprint density at radius 2 is 2.06 bits per heavy atom. The molecule has 0 fully saturated rings. The Balaban J connectivity index is 2.48. The summed E-state index contributed by atoms with van der Waals surface area (Å²) in [6.07, 6.45) is 1.57. The molecule has 0 aliphatic carbocycles. The smallest absolute Gasteiger partial charge is 0.216 e. The number of pyridine rings is 1. The normalized spacial score (nSPS) is 10.2. The molecule has 0 N–H and O–H groups in total. The van der Waals surface area contributed by atoms with Crippen LogP contribution in [-0.2, 0) is 0 Å². The summed E-state index contributed by atoms with van der Waals surface area (Å²) in [6.45, 7) is 0. The largest absolute Gasteiger partial charge is 0.494 e. The van der Waals surface area contributed by atoms with E-state index in [2.05, 4.69) is 36.8 Å². The Morgan fingerprint density at radius 3 is 2.72 bits per heavy atom. The van der Waals surface area contributed by atoms with Crippen LogP contribution in [0.5, 0.6) is 5.75 Å². The fourth-order valence-electron chi connectivity index (χ4n) is 1.53. The van der Waals surface area contributed by atoms with Crippen molar-refractivity contribution in [1.29, 1.82) is 0 Å². The van der Waals surface area contributed by atoms with Crippen molar-refractivity contribution < 1.29 is 9.53 Å². The van der Waals surface area contributed by atoms with E-state index in [9.17, 15) is 4.79 Å². The van der Waals surface area contributed by atoms with Crippen molar-refractivity contribution >= 4 is 37.6 Å². The predicted molar refractivity (Wildman–Crippen MR) is 76.1 cm³/mol. The van der Waals surface area contributed by atoms with Crippen LogP contribution in [0.15, 0.2) is 45.5 Å². The van der Waals surface area contributed by atoms with Crippen LogP contribution in [0.2, 0.25) is 0 Å². The number of halogens is 2. The Bertz CT molecular complexity index is 599. The maximum atomic E-state index is 12.4. The van der Waals surface area contributed by atoms with Gasteiger partial charge in [-0.25, -0.2) is 4.98 Å². The monoisotopic (exact) mass is 369 g/mol. The van der Waals surface area contributed by atoms with Crippen LogP contribution >= 0.6 is 31.9 Å². The van der Waals surface area contributed by atoms with Crippen molar-refractivity contribution in [2.24, 2.45) is 0 Å². The molecule has 92 valence electrons. The molecule has 0 radical (unpaired) electrons. The van der Waals surface area contributed by atoms with Gasteiger partial charge in [-0.2, -0.15) is 0 Å². The van der Waals surface area contributed by atoms with Crippen LogP contribution < -0.4 is 4.74 Å². The number of rotatable bonds is 3. The molecule has 0 spiro atoms. The number of nitrogens with zero attached hydrogens (tertiary/aromatic N) is 1. The van der Waals surface area contributed by atoms with Gasteiger partial charge in [-0.3, -0.25) is 4.79 Å². The predicted octanol–water partition coefficient (Wildman–Crippen LogP) is 3.85. The minimum Gasteiger partial charge on any atom is -0.494 e. The van der Waals surface area contributed by atoms with Crippen molar-refractivity contribution in [2.75, 3.05) is 7.11 Å². The lowest BCUT2D eigenvalue weighted by Crippen LogP contribution is -2.07. The number of aromatic nitrogens is 1. The zero-order chi connectivity index (χ0) is 13.1. The average Bonchev–Trinajstić information content (AvgIpc) is 2.38. The van der Waals surface area contributed by atoms with Gasteiger partial charge in [-0.05, 0) is 46.3 Å². The second-order valence-electron chi connectivity index (χ2n) is 3.51. The molecule has 1 aromatic carbocycles. The number of ketones is 1. The van der Waals surface area contributed by atoms with E-state index in [0.717, 1.165) is 8.95 Å². The SMILES string of the molecule is COc1cccnc1C(=O)c1ccc(Br)cc1Br. The molecule has 18 heavy (non-hydrogen) atoms. The van der Waals surface area contributed by atoms with Gasteiger partial charge in [0, 0.05) is 20.7 Å². The standard InChI is InChI=1S/C13H9Br2NO2/c1-18-11-3-2-6-16-12(11)13(17)9-5-4-8(14)7-10(9)15/h2-7H,1H3. The fraction of sp³-hybridized carbons (Fsp3) is 0.0769. The average molecular weight is 371 g/mol. The number of ether oxygens (including phenoxy) is 1. The Labute approximate surface area is 121 Å². The number of hydrogen-bond donors (Lipinski definition) is 0. The van der Waals surface area contributed by atoms with Crippen molar-refractivity contribution in [1.82, 2.24) is 4.98 Å². The summed E-state index contributed by atoms with van der Waals surface area (Å²) in [5, 5.41) is 0. The van der Waals surface area contributed by atoms with Gasteiger partial charge in [-0.15, -0.1) is 0 Å². The van der Waals surface area contributed by atoms with Crippen LogP contribution in [0.3, 0.4) is 0 Å². The quantitative estimate of drug-likeness (QED) is 0.770. The summed E-state index contributed by atoms with van der Waals surface area (Å²) in [6, 6.07) is 8.82. The highest BCUT2D eigenvalue weighted by atomic mass is 79.9. The summed E-state index contributed by atoms with van der Waals surface area (Å²) in [4.78, 5) is 16.5. The van der Waals surface area contributed by atoms with E-state index in [4.69, 9.17) is 4.74 Å². The van der Waals surface area contributed by atoms with Gasteiger partial charge in [0.15, 0.2) is 5.69 Å². The van der Waals surface area contributed by atoms with Gasteiger partial charge < -0.3 is 4.74 Å². The minimum absolute atomic E-state index is 0.174. The summed E-state index contributed by atoms with van der Waals surface area (Å²) < 4.78 is 6.76. The molecular formula is C13H9Br2NO2. The van der Waals surface area contributed by atoms with Crippen LogP contribution in [-0.4, -0.2) is 17.9 Å². The number of carbonyl (C=O) groups excluding carboxylic acids is 1. The minimum atomic E-state index is -0.174. The van der Waals surface area contributed by atoms with Gasteiger partial charge >= 0.3 is 0 Å². The topological polar surface area (TPSA) is 39.2 Å². The molecule has 0 amide bonds. The lowest BCUT2D eigenvalue weighted by molar-refractivity contribution is 0.103. The first kappa shape index (κ1) is 13.2. The summed E-state index contributed by atoms with van der Waals surface area (Å²) >= 11 is 6.72. The molecule has 0 bridgehead atoms. The lowest BCUT2D eigenvalue weighted by Gasteiger charge is -2.07. The number of methoxy groups -OCH3 is 1. The lowest BCUT2D eigenvalue weighted by atomic mass is 10.1. The Kier molecular flexibility index (Phi) is 4.14. The maximum absolute atomic E-state index is 12.4. The Morgan fingerprint density at radius 1 is 1.28 bits per heavy atom. The highest BCUT2D eigenvalue weighted by Gasteiger charge is 2.18. The number of carbonyl (C=O) groups is 1. The van der Waals surface area contributed by atoms with Crippen molar-refractivity contribution in [3.63, 3.8) is 0 Å². The van der Waals surface area contributed by atoms with Gasteiger partial charge in [0.05, 0.1) is 7.11 Å². The van der Waals surface area contributed by atoms with Gasteiger partial charge in [0.25, 0.3) is 0 Å². The molecule has 0 saturated heterocycles. The molecule has 0 unspecified atom stereocenters. The van der Waals surface area contributed by atoms with Gasteiger partial charge in [0.2, 0.25) is 5.78 Å². The van der Waals surface area contributed by atoms with Crippen molar-refractivity contribution in [2.45, 2.75) is 0 Å². The van der Waals surface area contributed by atoms with Gasteiger partial charge in [0.1, 0.15) is 5.75 Å². The molecular weight excluding hydrogens is 362 g/mol. The van der Waals surface area contributed by atoms with Crippen molar-refractivity contribution in [3.05, 3.63) is 56.7 Å². The first-order valence-electron chi connectivity index (χ1n) is 5.12. The van der Waals surface area contributed by atoms with E-state index in [0.29, 0.717) is 17.0 Å². The molecule has 5 heteroatoms. The van der Waals surface area contributed by atoms with E-state index >= 15 is 0 Å².